The van der Waals surface area contributed by atoms with Crippen molar-refractivity contribution in [3.63, 3.8) is 0 Å². The van der Waals surface area contributed by atoms with E-state index < -0.39 is 51.3 Å². The van der Waals surface area contributed by atoms with E-state index in [2.05, 4.69) is 0 Å². The summed E-state index contributed by atoms with van der Waals surface area (Å²) < 4.78 is 8.46. The lowest BCUT2D eigenvalue weighted by molar-refractivity contribution is -0.141. The Labute approximate surface area is 245 Å². The fourth-order valence-corrected chi connectivity index (χ4v) is 6.35. The van der Waals surface area contributed by atoms with Crippen molar-refractivity contribution in [3.8, 4) is 5.69 Å². The molecule has 2 aliphatic heterocycles. The van der Waals surface area contributed by atoms with Gasteiger partial charge in [0.15, 0.2) is 5.78 Å². The van der Waals surface area contributed by atoms with Crippen LogP contribution in [0.5, 0.6) is 0 Å². The number of hydrogen-bond donors (Lipinski definition) is 1. The number of rotatable bonds is 3. The highest BCUT2D eigenvalue weighted by Gasteiger charge is 2.71. The van der Waals surface area contributed by atoms with Crippen LogP contribution in [0.1, 0.15) is 37.9 Å². The van der Waals surface area contributed by atoms with Gasteiger partial charge in [0.05, 0.1) is 22.5 Å². The van der Waals surface area contributed by atoms with E-state index in [1.165, 1.54) is 33.6 Å². The molecular weight excluding hydrogens is 562 g/mol. The van der Waals surface area contributed by atoms with Crippen molar-refractivity contribution in [3.05, 3.63) is 98.1 Å². The molecule has 42 heavy (non-hydrogen) atoms. The zero-order chi connectivity index (χ0) is 30.3. The molecule has 11 heteroatoms. The van der Waals surface area contributed by atoms with Gasteiger partial charge < -0.3 is 9.84 Å². The third-order valence-electron chi connectivity index (χ3n) is 8.13. The molecule has 3 aliphatic rings. The third-order valence-corrected chi connectivity index (χ3v) is 8.38. The minimum Gasteiger partial charge on any atom is -0.507 e. The first-order valence-electron chi connectivity index (χ1n) is 13.2. The predicted octanol–water partition coefficient (Wildman–Crippen LogP) is 3.96. The summed E-state index contributed by atoms with van der Waals surface area (Å²) in [5, 5.41) is 11.9. The molecule has 3 aromatic rings. The molecule has 1 fully saturated rings. The van der Waals surface area contributed by atoms with E-state index >= 15 is 0 Å². The van der Waals surface area contributed by atoms with Crippen LogP contribution in [-0.2, 0) is 31.0 Å². The number of aliphatic hydroxyl groups excluding tert-OH is 1. The van der Waals surface area contributed by atoms with Gasteiger partial charge in [0.2, 0.25) is 5.54 Å². The minimum atomic E-state index is -2.51. The molecule has 1 amide bonds. The number of benzene rings is 2. The molecule has 0 bridgehead atoms. The first kappa shape index (κ1) is 27.5. The molecule has 2 aromatic carbocycles. The SMILES string of the molecule is Cc1c(N2C(=O)C(=O)/C(=C(/O)c3ccc(Cl)cc3)C23C(=O)OC2=C3C(=O)CC(C)(C)C2)c(=O)n(-c2ccccc2)n1C. The molecule has 1 atom stereocenters. The summed E-state index contributed by atoms with van der Waals surface area (Å²) in [6.07, 6.45) is 0.145. The maximum absolute atomic E-state index is 14.1. The highest BCUT2D eigenvalue weighted by Crippen LogP contribution is 2.54. The van der Waals surface area contributed by atoms with Gasteiger partial charge in [0.1, 0.15) is 17.2 Å². The number of carbonyl (C=O) groups excluding carboxylic acids is 4. The average Bonchev–Trinajstić information content (AvgIpc) is 3.42. The third kappa shape index (κ3) is 3.61. The normalized spacial score (nSPS) is 22.7. The number of para-hydroxylation sites is 1. The molecule has 10 nitrogen and oxygen atoms in total. The van der Waals surface area contributed by atoms with Crippen molar-refractivity contribution < 1.29 is 29.0 Å². The van der Waals surface area contributed by atoms with E-state index in [9.17, 15) is 29.1 Å². The summed E-state index contributed by atoms with van der Waals surface area (Å²) in [5.41, 5.74) is -4.18. The number of hydrogen-bond acceptors (Lipinski definition) is 7. The summed E-state index contributed by atoms with van der Waals surface area (Å²) in [7, 11) is 1.59. The fourth-order valence-electron chi connectivity index (χ4n) is 6.22. The van der Waals surface area contributed by atoms with Crippen LogP contribution < -0.4 is 10.5 Å². The molecule has 6 rings (SSSR count). The second kappa shape index (κ2) is 9.15. The summed E-state index contributed by atoms with van der Waals surface area (Å²) in [4.78, 5) is 70.7. The molecular formula is C31H26ClN3O7. The summed E-state index contributed by atoms with van der Waals surface area (Å²) >= 11 is 6.02. The Kier molecular flexibility index (Phi) is 5.99. The number of aliphatic hydroxyl groups is 1. The second-order valence-corrected chi connectivity index (χ2v) is 11.9. The van der Waals surface area contributed by atoms with E-state index in [1.54, 1.807) is 44.3 Å². The van der Waals surface area contributed by atoms with Crippen LogP contribution in [0.2, 0.25) is 5.02 Å². The number of ketones is 2. The number of allylic oxidation sites excluding steroid dienone is 1. The monoisotopic (exact) mass is 587 g/mol. The van der Waals surface area contributed by atoms with Crippen molar-refractivity contribution in [1.82, 2.24) is 9.36 Å². The first-order chi connectivity index (χ1) is 19.8. The van der Waals surface area contributed by atoms with Crippen LogP contribution in [-0.4, -0.2) is 43.5 Å². The van der Waals surface area contributed by atoms with Crippen molar-refractivity contribution >= 4 is 46.5 Å². The van der Waals surface area contributed by atoms with Crippen LogP contribution >= 0.6 is 11.6 Å². The predicted molar refractivity (Wildman–Crippen MR) is 153 cm³/mol. The number of halogens is 1. The Morgan fingerprint density at radius 3 is 2.24 bits per heavy atom. The number of esters is 1. The minimum absolute atomic E-state index is 0.00660. The van der Waals surface area contributed by atoms with Crippen LogP contribution in [0.3, 0.4) is 0 Å². The van der Waals surface area contributed by atoms with Gasteiger partial charge in [-0.25, -0.2) is 9.48 Å². The van der Waals surface area contributed by atoms with Gasteiger partial charge >= 0.3 is 11.9 Å². The number of Topliss-reactive ketones (excluding diaryl/α,β-unsaturated/α-hetero) is 2. The van der Waals surface area contributed by atoms with Crippen LogP contribution in [0.4, 0.5) is 5.69 Å². The quantitative estimate of drug-likeness (QED) is 0.213. The standard InChI is InChI=1S/C31H26ClN3O7/c1-16-24(27(39)35(33(16)4)19-8-6-5-7-9-19)34-28(40)26(38)23(25(37)17-10-12-18(32)13-11-17)31(34)22-20(36)14-30(2,3)15-21(22)42-29(31)41/h5-13,37H,14-15H2,1-4H3/b25-23-. The van der Waals surface area contributed by atoms with Gasteiger partial charge in [-0.2, -0.15) is 0 Å². The number of ether oxygens (including phenoxy) is 1. The number of anilines is 1. The summed E-state index contributed by atoms with van der Waals surface area (Å²) in [6, 6.07) is 14.4. The largest absolute Gasteiger partial charge is 0.507 e. The molecule has 3 heterocycles. The van der Waals surface area contributed by atoms with Crippen LogP contribution in [0.15, 0.2) is 76.3 Å². The topological polar surface area (TPSA) is 128 Å². The van der Waals surface area contributed by atoms with E-state index in [4.69, 9.17) is 16.3 Å². The van der Waals surface area contributed by atoms with Crippen molar-refractivity contribution in [2.24, 2.45) is 12.5 Å². The van der Waals surface area contributed by atoms with Gasteiger partial charge in [0, 0.05) is 30.5 Å². The fraction of sp³-hybridized carbons (Fsp3) is 0.258. The van der Waals surface area contributed by atoms with Crippen LogP contribution in [0, 0.1) is 12.3 Å². The molecule has 1 saturated heterocycles. The zero-order valence-corrected chi connectivity index (χ0v) is 24.0. The van der Waals surface area contributed by atoms with E-state index in [0.29, 0.717) is 10.7 Å². The van der Waals surface area contributed by atoms with Crippen molar-refractivity contribution in [2.45, 2.75) is 39.2 Å². The smallest absolute Gasteiger partial charge is 0.347 e. The molecule has 1 aromatic heterocycles. The van der Waals surface area contributed by atoms with Crippen molar-refractivity contribution in [1.29, 1.82) is 0 Å². The lowest BCUT2D eigenvalue weighted by atomic mass is 9.70. The molecule has 0 radical (unpaired) electrons. The zero-order valence-electron chi connectivity index (χ0n) is 23.2. The Bertz CT molecular complexity index is 1860. The molecule has 1 spiro atoms. The maximum Gasteiger partial charge on any atom is 0.347 e. The Hall–Kier alpha value is -4.70. The average molecular weight is 588 g/mol. The molecule has 214 valence electrons. The number of carbonyl (C=O) groups is 4. The Morgan fingerprint density at radius 2 is 1.60 bits per heavy atom. The Balaban J connectivity index is 1.72. The molecule has 1 N–H and O–H groups in total. The number of aromatic nitrogens is 2. The highest BCUT2D eigenvalue weighted by atomic mass is 35.5. The number of nitrogens with zero attached hydrogens (tertiary/aromatic N) is 3. The van der Waals surface area contributed by atoms with Gasteiger partial charge in [-0.1, -0.05) is 43.6 Å². The van der Waals surface area contributed by atoms with Crippen molar-refractivity contribution in [2.75, 3.05) is 4.90 Å². The second-order valence-electron chi connectivity index (χ2n) is 11.4. The summed E-state index contributed by atoms with van der Waals surface area (Å²) in [5.74, 6) is -4.83. The van der Waals surface area contributed by atoms with E-state index in [1.807, 2.05) is 13.8 Å². The summed E-state index contributed by atoms with van der Waals surface area (Å²) in [6.45, 7) is 5.22. The molecule has 1 unspecified atom stereocenters. The lowest BCUT2D eigenvalue weighted by Gasteiger charge is -2.35. The van der Waals surface area contributed by atoms with Crippen LogP contribution in [0.25, 0.3) is 11.4 Å². The van der Waals surface area contributed by atoms with Gasteiger partial charge in [-0.05, 0) is 48.7 Å². The van der Waals surface area contributed by atoms with E-state index in [-0.39, 0.29) is 41.1 Å². The maximum atomic E-state index is 14.1. The Morgan fingerprint density at radius 1 is 0.952 bits per heavy atom. The van der Waals surface area contributed by atoms with Gasteiger partial charge in [0.25, 0.3) is 11.3 Å². The number of amides is 1. The molecule has 0 saturated carbocycles. The van der Waals surface area contributed by atoms with E-state index in [0.717, 1.165) is 4.90 Å². The van der Waals surface area contributed by atoms with Gasteiger partial charge in [-0.15, -0.1) is 0 Å². The number of fused-ring (bicyclic) bond motifs is 1. The van der Waals surface area contributed by atoms with Gasteiger partial charge in [-0.3, -0.25) is 28.8 Å². The lowest BCUT2D eigenvalue weighted by Crippen LogP contribution is -2.56. The highest BCUT2D eigenvalue weighted by molar-refractivity contribution is 6.55. The first-order valence-corrected chi connectivity index (χ1v) is 13.6. The molecule has 1 aliphatic carbocycles.